The van der Waals surface area contributed by atoms with E-state index < -0.39 is 35.6 Å². The summed E-state index contributed by atoms with van der Waals surface area (Å²) < 4.78 is 61.0. The molecule has 0 unspecified atom stereocenters. The van der Waals surface area contributed by atoms with Gasteiger partial charge in [-0.15, -0.1) is 0 Å². The number of alkyl halides is 3. The summed E-state index contributed by atoms with van der Waals surface area (Å²) in [5.74, 6) is -1.44. The Kier molecular flexibility index (Phi) is 8.25. The van der Waals surface area contributed by atoms with Crippen molar-refractivity contribution in [3.8, 4) is 0 Å². The molecule has 2 aromatic heterocycles. The number of nitrogens with zero attached hydrogens (tertiary/aromatic N) is 3. The van der Waals surface area contributed by atoms with Crippen LogP contribution in [-0.2, 0) is 17.5 Å². The lowest BCUT2D eigenvalue weighted by Gasteiger charge is -2.31. The van der Waals surface area contributed by atoms with Crippen LogP contribution < -0.4 is 10.9 Å². The number of carbonyl (C=O) groups excluding carboxylic acids is 1. The zero-order valence-electron chi connectivity index (χ0n) is 19.7. The van der Waals surface area contributed by atoms with Gasteiger partial charge in [0.25, 0.3) is 11.5 Å². The number of ether oxygens (including phenoxy) is 1. The van der Waals surface area contributed by atoms with Crippen molar-refractivity contribution in [3.63, 3.8) is 0 Å². The molecule has 3 aromatic rings. The number of aliphatic hydroxyl groups is 1. The molecule has 13 heteroatoms. The van der Waals surface area contributed by atoms with Crippen LogP contribution in [0.2, 0.25) is 0 Å². The second kappa shape index (κ2) is 11.0. The van der Waals surface area contributed by atoms with Gasteiger partial charge in [0.15, 0.2) is 11.6 Å². The monoisotopic (exact) mass is 511 g/mol. The molecule has 9 nitrogen and oxygen atoms in total. The summed E-state index contributed by atoms with van der Waals surface area (Å²) in [6.45, 7) is 3.91. The molecule has 3 N–H and O–H groups in total. The average Bonchev–Trinajstić information content (AvgIpc) is 2.83. The van der Waals surface area contributed by atoms with Gasteiger partial charge < -0.3 is 25.0 Å². The molecule has 36 heavy (non-hydrogen) atoms. The standard InChI is InChI=1S/C22H21F4N5O3.CH4O/c1-11-10-31(3-4-34-11)21(33)14-6-17(23)19(28-9-14)27-8-13-5-15-18(7-16(13)22(24,25)26)29-12(2)30-20(15)32;1-2/h5-7,9,11H,3-4,8,10H2,1-2H3,(H,27,28)(H,29,30,32);2H,1H3/t11-;/m0./s1. The number of pyridine rings is 1. The lowest BCUT2D eigenvalue weighted by molar-refractivity contribution is -0.138. The van der Waals surface area contributed by atoms with E-state index in [1.165, 1.54) is 11.8 Å². The Balaban J connectivity index is 0.00000176. The van der Waals surface area contributed by atoms with Crippen molar-refractivity contribution >= 4 is 22.6 Å². The number of aliphatic hydroxyl groups excluding tert-OH is 1. The van der Waals surface area contributed by atoms with E-state index in [0.717, 1.165) is 31.5 Å². The number of benzene rings is 1. The van der Waals surface area contributed by atoms with Gasteiger partial charge in [-0.05, 0) is 37.6 Å². The van der Waals surface area contributed by atoms with Crippen LogP contribution in [0.3, 0.4) is 0 Å². The predicted octanol–water partition coefficient (Wildman–Crippen LogP) is 2.87. The first kappa shape index (κ1) is 27.0. The van der Waals surface area contributed by atoms with Crippen LogP contribution in [-0.4, -0.2) is 63.8 Å². The molecule has 0 bridgehead atoms. The summed E-state index contributed by atoms with van der Waals surface area (Å²) in [4.78, 5) is 36.6. The maximum absolute atomic E-state index is 14.6. The Bertz CT molecular complexity index is 1310. The fraction of sp³-hybridized carbons (Fsp3) is 0.391. The fourth-order valence-corrected chi connectivity index (χ4v) is 3.81. The van der Waals surface area contributed by atoms with Crippen LogP contribution in [0.5, 0.6) is 0 Å². The molecule has 194 valence electrons. The maximum atomic E-state index is 14.6. The molecule has 3 heterocycles. The summed E-state index contributed by atoms with van der Waals surface area (Å²) >= 11 is 0. The van der Waals surface area contributed by atoms with Crippen molar-refractivity contribution in [3.05, 3.63) is 63.1 Å². The van der Waals surface area contributed by atoms with Crippen LogP contribution in [0.4, 0.5) is 23.4 Å². The Hall–Kier alpha value is -3.58. The molecule has 0 aliphatic carbocycles. The number of hydrogen-bond acceptors (Lipinski definition) is 7. The van der Waals surface area contributed by atoms with Crippen molar-refractivity contribution in [2.24, 2.45) is 0 Å². The third-order valence-corrected chi connectivity index (χ3v) is 5.42. The summed E-state index contributed by atoms with van der Waals surface area (Å²) in [6.07, 6.45) is -3.70. The van der Waals surface area contributed by atoms with Gasteiger partial charge in [-0.2, -0.15) is 13.2 Å². The molecule has 1 aromatic carbocycles. The van der Waals surface area contributed by atoms with Crippen LogP contribution in [0.15, 0.2) is 29.2 Å². The number of fused-ring (bicyclic) bond motifs is 1. The number of H-pyrrole nitrogens is 1. The molecule has 1 fully saturated rings. The third kappa shape index (κ3) is 5.97. The summed E-state index contributed by atoms with van der Waals surface area (Å²) in [5.41, 5.74) is -1.94. The number of carbonyl (C=O) groups is 1. The summed E-state index contributed by atoms with van der Waals surface area (Å²) in [6, 6.07) is 2.86. The first-order valence-electron chi connectivity index (χ1n) is 10.9. The Labute approximate surface area is 203 Å². The highest BCUT2D eigenvalue weighted by Gasteiger charge is 2.34. The van der Waals surface area contributed by atoms with Gasteiger partial charge in [-0.25, -0.2) is 14.4 Å². The van der Waals surface area contributed by atoms with E-state index in [-0.39, 0.29) is 39.8 Å². The maximum Gasteiger partial charge on any atom is 0.416 e. The fourth-order valence-electron chi connectivity index (χ4n) is 3.81. The van der Waals surface area contributed by atoms with Crippen LogP contribution in [0.1, 0.15) is 34.2 Å². The molecule has 1 saturated heterocycles. The Morgan fingerprint density at radius 1 is 1.31 bits per heavy atom. The van der Waals surface area contributed by atoms with E-state index >= 15 is 0 Å². The van der Waals surface area contributed by atoms with E-state index in [4.69, 9.17) is 9.84 Å². The molecule has 4 rings (SSSR count). The van der Waals surface area contributed by atoms with Crippen molar-refractivity contribution < 1.29 is 32.2 Å². The molecule has 1 amide bonds. The highest BCUT2D eigenvalue weighted by molar-refractivity contribution is 5.94. The number of amides is 1. The number of morpholine rings is 1. The van der Waals surface area contributed by atoms with Gasteiger partial charge >= 0.3 is 6.18 Å². The van der Waals surface area contributed by atoms with Gasteiger partial charge in [0.05, 0.1) is 34.7 Å². The first-order valence-corrected chi connectivity index (χ1v) is 10.9. The van der Waals surface area contributed by atoms with Crippen molar-refractivity contribution in [1.29, 1.82) is 0 Å². The molecule has 0 radical (unpaired) electrons. The van der Waals surface area contributed by atoms with Gasteiger partial charge in [0.2, 0.25) is 0 Å². The van der Waals surface area contributed by atoms with Gasteiger partial charge in [-0.1, -0.05) is 0 Å². The predicted molar refractivity (Wildman–Crippen MR) is 123 cm³/mol. The zero-order valence-corrected chi connectivity index (χ0v) is 19.7. The molecular weight excluding hydrogens is 486 g/mol. The molecule has 1 aliphatic heterocycles. The van der Waals surface area contributed by atoms with Crippen molar-refractivity contribution in [2.75, 3.05) is 32.1 Å². The quantitative estimate of drug-likeness (QED) is 0.461. The molecule has 0 saturated carbocycles. The lowest BCUT2D eigenvalue weighted by atomic mass is 10.0. The van der Waals surface area contributed by atoms with E-state index in [9.17, 15) is 27.2 Å². The van der Waals surface area contributed by atoms with E-state index in [1.54, 1.807) is 0 Å². The minimum absolute atomic E-state index is 0.0202. The topological polar surface area (TPSA) is 120 Å². The number of hydrogen-bond donors (Lipinski definition) is 3. The number of aromatic nitrogens is 3. The Morgan fingerprint density at radius 2 is 2.03 bits per heavy atom. The van der Waals surface area contributed by atoms with Crippen LogP contribution >= 0.6 is 0 Å². The first-order chi connectivity index (χ1) is 17.0. The second-order valence-corrected chi connectivity index (χ2v) is 8.02. The van der Waals surface area contributed by atoms with Crippen molar-refractivity contribution in [2.45, 2.75) is 32.7 Å². The summed E-state index contributed by atoms with van der Waals surface area (Å²) in [5, 5.41) is 9.50. The second-order valence-electron chi connectivity index (χ2n) is 8.02. The minimum atomic E-state index is -4.72. The van der Waals surface area contributed by atoms with E-state index in [1.807, 2.05) is 6.92 Å². The number of nitrogens with one attached hydrogen (secondary N) is 2. The van der Waals surface area contributed by atoms with Crippen molar-refractivity contribution in [1.82, 2.24) is 19.9 Å². The normalized spacial score (nSPS) is 15.9. The van der Waals surface area contributed by atoms with Gasteiger partial charge in [0.1, 0.15) is 5.82 Å². The van der Waals surface area contributed by atoms with E-state index in [0.29, 0.717) is 19.7 Å². The number of rotatable bonds is 4. The minimum Gasteiger partial charge on any atom is -0.400 e. The number of aryl methyl sites for hydroxylation is 1. The van der Waals surface area contributed by atoms with E-state index in [2.05, 4.69) is 20.3 Å². The third-order valence-electron chi connectivity index (χ3n) is 5.42. The highest BCUT2D eigenvalue weighted by atomic mass is 19.4. The number of anilines is 1. The van der Waals surface area contributed by atoms with Gasteiger partial charge in [-0.3, -0.25) is 9.59 Å². The SMILES string of the molecule is CO.Cc1nc2cc(C(F)(F)F)c(CNc3ncc(C(=O)N4CCO[C@@H](C)C4)cc3F)cc2c(=O)[nH]1. The molecule has 0 spiro atoms. The lowest BCUT2D eigenvalue weighted by Crippen LogP contribution is -2.44. The number of aromatic amines is 1. The molecule has 1 atom stereocenters. The Morgan fingerprint density at radius 3 is 2.67 bits per heavy atom. The smallest absolute Gasteiger partial charge is 0.400 e. The van der Waals surface area contributed by atoms with Crippen LogP contribution in [0, 0.1) is 12.7 Å². The van der Waals surface area contributed by atoms with Gasteiger partial charge in [0, 0.05) is 32.9 Å². The van der Waals surface area contributed by atoms with Crippen LogP contribution in [0.25, 0.3) is 10.9 Å². The molecular formula is C23H25F4N5O4. The molecule has 1 aliphatic rings. The summed E-state index contributed by atoms with van der Waals surface area (Å²) in [7, 11) is 1.00. The zero-order chi connectivity index (χ0) is 26.6. The average molecular weight is 511 g/mol. The highest BCUT2D eigenvalue weighted by Crippen LogP contribution is 2.34. The largest absolute Gasteiger partial charge is 0.416 e. The number of halogens is 4.